The van der Waals surface area contributed by atoms with Crippen LogP contribution in [-0.2, 0) is 17.1 Å². The SMILES string of the molecule is CNC(=O)c1ccc(S(=O)(=O)NC(c2cc(OC)cc(OC)c2)c2nccn2C)cc1. The van der Waals surface area contributed by atoms with E-state index in [1.807, 2.05) is 0 Å². The van der Waals surface area contributed by atoms with Crippen LogP contribution in [-0.4, -0.2) is 45.1 Å². The molecule has 0 aliphatic rings. The largest absolute Gasteiger partial charge is 0.497 e. The topological polar surface area (TPSA) is 112 Å². The highest BCUT2D eigenvalue weighted by Gasteiger charge is 2.27. The van der Waals surface area contributed by atoms with E-state index in [9.17, 15) is 13.2 Å². The average molecular weight is 445 g/mol. The zero-order chi connectivity index (χ0) is 22.6. The maximum Gasteiger partial charge on any atom is 0.251 e. The number of hydrogen-bond donors (Lipinski definition) is 2. The molecular weight excluding hydrogens is 420 g/mol. The van der Waals surface area contributed by atoms with Crippen LogP contribution in [0.25, 0.3) is 0 Å². The predicted octanol–water partition coefficient (Wildman–Crippen LogP) is 1.86. The van der Waals surface area contributed by atoms with Gasteiger partial charge in [-0.05, 0) is 42.0 Å². The summed E-state index contributed by atoms with van der Waals surface area (Å²) in [7, 11) is 2.37. The lowest BCUT2D eigenvalue weighted by atomic mass is 10.1. The molecule has 9 nitrogen and oxygen atoms in total. The summed E-state index contributed by atoms with van der Waals surface area (Å²) >= 11 is 0. The molecule has 1 heterocycles. The lowest BCUT2D eigenvalue weighted by Crippen LogP contribution is -2.31. The van der Waals surface area contributed by atoms with Crippen LogP contribution >= 0.6 is 0 Å². The fourth-order valence-electron chi connectivity index (χ4n) is 3.07. The number of nitrogens with zero attached hydrogens (tertiary/aromatic N) is 2. The Labute approximate surface area is 181 Å². The van der Waals surface area contributed by atoms with Crippen molar-refractivity contribution in [2.45, 2.75) is 10.9 Å². The van der Waals surface area contributed by atoms with Crippen LogP contribution in [0.2, 0.25) is 0 Å². The van der Waals surface area contributed by atoms with Gasteiger partial charge in [-0.3, -0.25) is 4.79 Å². The second-order valence-electron chi connectivity index (χ2n) is 6.70. The van der Waals surface area contributed by atoms with Crippen LogP contribution in [0.1, 0.15) is 27.8 Å². The van der Waals surface area contributed by atoms with Crippen LogP contribution in [0.4, 0.5) is 0 Å². The lowest BCUT2D eigenvalue weighted by molar-refractivity contribution is 0.0963. The smallest absolute Gasteiger partial charge is 0.251 e. The fraction of sp³-hybridized carbons (Fsp3) is 0.238. The van der Waals surface area contributed by atoms with Gasteiger partial charge in [-0.1, -0.05) is 0 Å². The van der Waals surface area contributed by atoms with E-state index < -0.39 is 16.1 Å². The van der Waals surface area contributed by atoms with Gasteiger partial charge in [0.1, 0.15) is 23.4 Å². The third-order valence-electron chi connectivity index (χ3n) is 4.75. The maximum atomic E-state index is 13.2. The first-order valence-electron chi connectivity index (χ1n) is 9.33. The summed E-state index contributed by atoms with van der Waals surface area (Å²) in [5.41, 5.74) is 0.954. The van der Waals surface area contributed by atoms with Crippen molar-refractivity contribution in [1.82, 2.24) is 19.6 Å². The van der Waals surface area contributed by atoms with Crippen molar-refractivity contribution >= 4 is 15.9 Å². The molecule has 10 heteroatoms. The number of carbonyl (C=O) groups excluding carboxylic acids is 1. The van der Waals surface area contributed by atoms with Gasteiger partial charge < -0.3 is 19.4 Å². The molecule has 0 spiro atoms. The van der Waals surface area contributed by atoms with E-state index in [4.69, 9.17) is 9.47 Å². The van der Waals surface area contributed by atoms with Crippen LogP contribution in [0.5, 0.6) is 11.5 Å². The summed E-state index contributed by atoms with van der Waals surface area (Å²) in [5.74, 6) is 1.22. The summed E-state index contributed by atoms with van der Waals surface area (Å²) < 4.78 is 41.5. The molecule has 0 radical (unpaired) electrons. The molecule has 2 aromatic carbocycles. The van der Waals surface area contributed by atoms with Crippen LogP contribution in [0.3, 0.4) is 0 Å². The highest BCUT2D eigenvalue weighted by Crippen LogP contribution is 2.30. The van der Waals surface area contributed by atoms with Gasteiger partial charge in [0, 0.05) is 38.1 Å². The number of sulfonamides is 1. The molecule has 0 saturated carbocycles. The van der Waals surface area contributed by atoms with Gasteiger partial charge in [0.25, 0.3) is 5.91 Å². The van der Waals surface area contributed by atoms with Gasteiger partial charge in [-0.2, -0.15) is 4.72 Å². The maximum absolute atomic E-state index is 13.2. The van der Waals surface area contributed by atoms with E-state index in [0.717, 1.165) is 0 Å². The summed E-state index contributed by atoms with van der Waals surface area (Å²) in [6.45, 7) is 0. The van der Waals surface area contributed by atoms with E-state index in [1.54, 1.807) is 42.2 Å². The minimum Gasteiger partial charge on any atom is -0.497 e. The van der Waals surface area contributed by atoms with E-state index in [0.29, 0.717) is 28.5 Å². The summed E-state index contributed by atoms with van der Waals surface area (Å²) in [4.78, 5) is 16.1. The number of carbonyl (C=O) groups is 1. The van der Waals surface area contributed by atoms with Crippen molar-refractivity contribution in [1.29, 1.82) is 0 Å². The minimum absolute atomic E-state index is 0.0224. The van der Waals surface area contributed by atoms with E-state index in [-0.39, 0.29) is 10.8 Å². The Kier molecular flexibility index (Phi) is 6.62. The molecule has 0 bridgehead atoms. The number of aryl methyl sites for hydroxylation is 1. The first-order chi connectivity index (χ1) is 14.8. The van der Waals surface area contributed by atoms with Crippen LogP contribution in [0, 0.1) is 0 Å². The number of rotatable bonds is 8. The Morgan fingerprint density at radius 1 is 1.06 bits per heavy atom. The highest BCUT2D eigenvalue weighted by molar-refractivity contribution is 7.89. The number of hydrogen-bond acceptors (Lipinski definition) is 6. The molecule has 0 aliphatic carbocycles. The van der Waals surface area contributed by atoms with Crippen LogP contribution < -0.4 is 19.5 Å². The van der Waals surface area contributed by atoms with Crippen LogP contribution in [0.15, 0.2) is 59.8 Å². The monoisotopic (exact) mass is 444 g/mol. The molecule has 3 aromatic rings. The second kappa shape index (κ2) is 9.19. The third kappa shape index (κ3) is 4.86. The van der Waals surface area contributed by atoms with Gasteiger partial charge in [0.2, 0.25) is 10.0 Å². The Morgan fingerprint density at radius 3 is 2.16 bits per heavy atom. The van der Waals surface area contributed by atoms with Gasteiger partial charge in [-0.25, -0.2) is 13.4 Å². The highest BCUT2D eigenvalue weighted by atomic mass is 32.2. The van der Waals surface area contributed by atoms with E-state index in [1.165, 1.54) is 45.5 Å². The molecular formula is C21H24N4O5S. The first kappa shape index (κ1) is 22.3. The predicted molar refractivity (Wildman–Crippen MR) is 115 cm³/mol. The first-order valence-corrected chi connectivity index (χ1v) is 10.8. The molecule has 1 amide bonds. The van der Waals surface area contributed by atoms with Crippen molar-refractivity contribution in [2.24, 2.45) is 7.05 Å². The molecule has 0 aliphatic heterocycles. The van der Waals surface area contributed by atoms with Crippen molar-refractivity contribution in [3.63, 3.8) is 0 Å². The second-order valence-corrected chi connectivity index (χ2v) is 8.41. The molecule has 1 atom stereocenters. The third-order valence-corrected chi connectivity index (χ3v) is 6.19. The molecule has 1 unspecified atom stereocenters. The van der Waals surface area contributed by atoms with Crippen molar-refractivity contribution in [3.8, 4) is 11.5 Å². The number of methoxy groups -OCH3 is 2. The van der Waals surface area contributed by atoms with E-state index >= 15 is 0 Å². The van der Waals surface area contributed by atoms with E-state index in [2.05, 4.69) is 15.0 Å². The molecule has 3 rings (SSSR count). The minimum atomic E-state index is -3.96. The zero-order valence-electron chi connectivity index (χ0n) is 17.6. The molecule has 0 fully saturated rings. The van der Waals surface area contributed by atoms with Gasteiger partial charge in [0.05, 0.1) is 19.1 Å². The number of ether oxygens (including phenoxy) is 2. The molecule has 2 N–H and O–H groups in total. The normalized spacial score (nSPS) is 12.3. The van der Waals surface area contributed by atoms with Gasteiger partial charge in [0.15, 0.2) is 0 Å². The number of amides is 1. The molecule has 164 valence electrons. The quantitative estimate of drug-likeness (QED) is 0.549. The van der Waals surface area contributed by atoms with Crippen molar-refractivity contribution in [3.05, 3.63) is 71.8 Å². The van der Waals surface area contributed by atoms with Gasteiger partial charge in [-0.15, -0.1) is 0 Å². The zero-order valence-corrected chi connectivity index (χ0v) is 18.4. The Balaban J connectivity index is 2.04. The lowest BCUT2D eigenvalue weighted by Gasteiger charge is -2.20. The number of nitrogens with one attached hydrogen (secondary N) is 2. The Morgan fingerprint density at radius 2 is 1.68 bits per heavy atom. The summed E-state index contributed by atoms with van der Waals surface area (Å²) in [6, 6.07) is 10.0. The number of aromatic nitrogens is 2. The van der Waals surface area contributed by atoms with Crippen molar-refractivity contribution in [2.75, 3.05) is 21.3 Å². The molecule has 31 heavy (non-hydrogen) atoms. The average Bonchev–Trinajstić information content (AvgIpc) is 3.22. The Bertz CT molecular complexity index is 1150. The number of imidazole rings is 1. The van der Waals surface area contributed by atoms with Crippen molar-refractivity contribution < 1.29 is 22.7 Å². The fourth-order valence-corrected chi connectivity index (χ4v) is 4.26. The number of benzene rings is 2. The molecule has 1 aromatic heterocycles. The standard InChI is InChI=1S/C21H24N4O5S/c1-22-21(26)14-5-7-18(8-6-14)31(27,28)24-19(20-23-9-10-25(20)2)15-11-16(29-3)13-17(12-15)30-4/h5-13,19,24H,1-4H3,(H,22,26). The summed E-state index contributed by atoms with van der Waals surface area (Å²) in [6.07, 6.45) is 3.32. The van der Waals surface area contributed by atoms with Gasteiger partial charge >= 0.3 is 0 Å². The summed E-state index contributed by atoms with van der Waals surface area (Å²) in [5, 5.41) is 2.50. The molecule has 0 saturated heterocycles. The Hall–Kier alpha value is -3.37.